The molecule has 138 valence electrons. The molecule has 6 nitrogen and oxygen atoms in total. The van der Waals surface area contributed by atoms with Crippen LogP contribution >= 0.6 is 0 Å². The maximum Gasteiger partial charge on any atom is 0.353 e. The van der Waals surface area contributed by atoms with E-state index in [1.807, 2.05) is 24.3 Å². The maximum absolute atomic E-state index is 14.5. The Morgan fingerprint density at radius 3 is 2.52 bits per heavy atom. The average Bonchev–Trinajstić information content (AvgIpc) is 3.00. The molecule has 2 amide bonds. The van der Waals surface area contributed by atoms with E-state index in [1.54, 1.807) is 22.8 Å². The van der Waals surface area contributed by atoms with Crippen LogP contribution in [0.3, 0.4) is 0 Å². The molecule has 0 fully saturated rings. The third-order valence-corrected chi connectivity index (χ3v) is 4.88. The summed E-state index contributed by atoms with van der Waals surface area (Å²) in [5.74, 6) is -0.920. The largest absolute Gasteiger partial charge is 0.480 e. The third kappa shape index (κ3) is 3.01. The minimum atomic E-state index is -0.920. The molecule has 2 heterocycles. The van der Waals surface area contributed by atoms with Crippen molar-refractivity contribution in [3.63, 3.8) is 0 Å². The number of aromatic nitrogens is 1. The van der Waals surface area contributed by atoms with Gasteiger partial charge in [-0.3, -0.25) is 4.79 Å². The van der Waals surface area contributed by atoms with Crippen LogP contribution in [0.5, 0.6) is 0 Å². The monoisotopic (exact) mass is 367 g/mol. The molecule has 1 aliphatic rings. The molecule has 0 radical (unpaired) electrons. The van der Waals surface area contributed by atoms with Gasteiger partial charge in [0, 0.05) is 41.7 Å². The van der Waals surface area contributed by atoms with Crippen LogP contribution in [0.4, 0.5) is 15.0 Å². The first kappa shape index (κ1) is 17.1. The normalized spacial score (nSPS) is 13.4. The molecule has 0 spiro atoms. The molecule has 0 unspecified atom stereocenters. The van der Waals surface area contributed by atoms with Gasteiger partial charge in [-0.05, 0) is 18.2 Å². The Morgan fingerprint density at radius 2 is 1.78 bits per heavy atom. The molecule has 0 saturated carbocycles. The van der Waals surface area contributed by atoms with Crippen molar-refractivity contribution < 1.29 is 19.2 Å². The summed E-state index contributed by atoms with van der Waals surface area (Å²) >= 11 is 0. The highest BCUT2D eigenvalue weighted by Crippen LogP contribution is 2.31. The number of benzene rings is 2. The molecule has 1 aliphatic heterocycles. The van der Waals surface area contributed by atoms with E-state index in [0.29, 0.717) is 13.0 Å². The molecule has 0 saturated heterocycles. The Balaban J connectivity index is 1.67. The second kappa shape index (κ2) is 6.75. The highest BCUT2D eigenvalue weighted by molar-refractivity contribution is 5.91. The maximum atomic E-state index is 14.5. The van der Waals surface area contributed by atoms with Crippen LogP contribution in [-0.2, 0) is 24.3 Å². The Morgan fingerprint density at radius 1 is 1.07 bits per heavy atom. The van der Waals surface area contributed by atoms with E-state index in [-0.39, 0.29) is 23.9 Å². The van der Waals surface area contributed by atoms with Crippen molar-refractivity contribution >= 4 is 28.6 Å². The minimum Gasteiger partial charge on any atom is -0.480 e. The summed E-state index contributed by atoms with van der Waals surface area (Å²) < 4.78 is 16.3. The van der Waals surface area contributed by atoms with Crippen LogP contribution in [0.25, 0.3) is 10.9 Å². The fourth-order valence-corrected chi connectivity index (χ4v) is 3.67. The fraction of sp³-hybridized carbons (Fsp3) is 0.200. The second-order valence-electron chi connectivity index (χ2n) is 6.49. The average molecular weight is 367 g/mol. The van der Waals surface area contributed by atoms with Crippen molar-refractivity contribution in [1.82, 2.24) is 9.47 Å². The number of carboxylic acid groups (broad SMARTS) is 1. The Kier molecular flexibility index (Phi) is 4.27. The molecule has 0 aliphatic carbocycles. The zero-order valence-electron chi connectivity index (χ0n) is 14.5. The zero-order chi connectivity index (χ0) is 19.0. The molecular weight excluding hydrogens is 349 g/mol. The van der Waals surface area contributed by atoms with Crippen LogP contribution in [0.2, 0.25) is 0 Å². The first-order valence-corrected chi connectivity index (χ1v) is 8.67. The molecule has 0 bridgehead atoms. The van der Waals surface area contributed by atoms with Crippen LogP contribution in [0.1, 0.15) is 11.3 Å². The van der Waals surface area contributed by atoms with Gasteiger partial charge in [0.05, 0.1) is 5.69 Å². The van der Waals surface area contributed by atoms with E-state index in [1.165, 1.54) is 17.0 Å². The van der Waals surface area contributed by atoms with Crippen molar-refractivity contribution in [2.24, 2.45) is 0 Å². The second-order valence-corrected chi connectivity index (χ2v) is 6.49. The summed E-state index contributed by atoms with van der Waals surface area (Å²) in [5.41, 5.74) is 2.78. The lowest BCUT2D eigenvalue weighted by molar-refractivity contribution is -0.137. The van der Waals surface area contributed by atoms with Crippen LogP contribution < -0.4 is 5.12 Å². The van der Waals surface area contributed by atoms with Crippen molar-refractivity contribution in [1.29, 1.82) is 0 Å². The van der Waals surface area contributed by atoms with Crippen molar-refractivity contribution in [3.05, 3.63) is 65.9 Å². The van der Waals surface area contributed by atoms with Gasteiger partial charge in [-0.15, -0.1) is 5.12 Å². The lowest BCUT2D eigenvalue weighted by atomic mass is 10.0. The van der Waals surface area contributed by atoms with Gasteiger partial charge in [0.1, 0.15) is 6.54 Å². The molecule has 0 atom stereocenters. The van der Waals surface area contributed by atoms with Crippen LogP contribution in [0.15, 0.2) is 54.6 Å². The summed E-state index contributed by atoms with van der Waals surface area (Å²) in [7, 11) is 0. The number of anilines is 1. The quantitative estimate of drug-likeness (QED) is 0.720. The summed E-state index contributed by atoms with van der Waals surface area (Å²) in [5, 5.41) is 10.3. The lowest BCUT2D eigenvalue weighted by Gasteiger charge is -2.29. The number of halogens is 1. The Labute approximate surface area is 155 Å². The van der Waals surface area contributed by atoms with Gasteiger partial charge in [0.15, 0.2) is 0 Å². The number of aliphatic carboxylic acids is 1. The Bertz CT molecular complexity index is 1020. The summed E-state index contributed by atoms with van der Waals surface area (Å²) in [6.45, 7) is 0.437. The molecule has 7 heteroatoms. The number of hydrogen-bond donors (Lipinski definition) is 1. The van der Waals surface area contributed by atoms with Crippen molar-refractivity contribution in [3.8, 4) is 0 Å². The highest BCUT2D eigenvalue weighted by atomic mass is 19.2. The van der Waals surface area contributed by atoms with E-state index in [0.717, 1.165) is 22.2 Å². The van der Waals surface area contributed by atoms with Crippen LogP contribution in [0, 0.1) is 0 Å². The first-order chi connectivity index (χ1) is 13.1. The summed E-state index contributed by atoms with van der Waals surface area (Å²) in [4.78, 5) is 25.3. The van der Waals surface area contributed by atoms with Gasteiger partial charge in [0.2, 0.25) is 0 Å². The number of para-hydroxylation sites is 2. The molecule has 27 heavy (non-hydrogen) atoms. The molecular formula is C20H18FN3O3. The van der Waals surface area contributed by atoms with E-state index in [9.17, 15) is 19.2 Å². The van der Waals surface area contributed by atoms with E-state index < -0.39 is 12.0 Å². The van der Waals surface area contributed by atoms with Gasteiger partial charge in [-0.1, -0.05) is 40.9 Å². The van der Waals surface area contributed by atoms with Gasteiger partial charge in [-0.25, -0.2) is 4.79 Å². The van der Waals surface area contributed by atoms with E-state index in [2.05, 4.69) is 0 Å². The zero-order valence-corrected chi connectivity index (χ0v) is 14.5. The number of urea groups is 1. The van der Waals surface area contributed by atoms with Gasteiger partial charge >= 0.3 is 12.0 Å². The molecule has 3 aromatic rings. The van der Waals surface area contributed by atoms with Gasteiger partial charge in [0.25, 0.3) is 0 Å². The predicted molar refractivity (Wildman–Crippen MR) is 99.1 cm³/mol. The summed E-state index contributed by atoms with van der Waals surface area (Å²) in [6.07, 6.45) is 0.478. The van der Waals surface area contributed by atoms with Gasteiger partial charge < -0.3 is 14.6 Å². The van der Waals surface area contributed by atoms with E-state index in [4.69, 9.17) is 0 Å². The highest BCUT2D eigenvalue weighted by Gasteiger charge is 2.30. The standard InChI is InChI=1S/C20H18FN3O3/c21-24(14-6-2-1-3-7-14)20(27)22-11-10-18-16(12-22)15-8-4-5-9-17(15)23(18)13-19(25)26/h1-9H,10-13H2,(H,25,26). The SMILES string of the molecule is O=C(O)Cn1c2c(c3ccccc31)CN(C(=O)N(F)c1ccccc1)CC2. The lowest BCUT2D eigenvalue weighted by Crippen LogP contribution is -2.42. The Hall–Kier alpha value is -3.35. The smallest absolute Gasteiger partial charge is 0.353 e. The van der Waals surface area contributed by atoms with Gasteiger partial charge in [-0.2, -0.15) is 0 Å². The summed E-state index contributed by atoms with van der Waals surface area (Å²) in [6, 6.07) is 14.9. The number of carboxylic acids is 1. The van der Waals surface area contributed by atoms with E-state index >= 15 is 0 Å². The number of nitrogens with zero attached hydrogens (tertiary/aromatic N) is 3. The number of hydrogen-bond acceptors (Lipinski definition) is 2. The number of fused-ring (bicyclic) bond motifs is 3. The number of rotatable bonds is 3. The molecule has 4 rings (SSSR count). The number of amides is 2. The molecule has 1 N–H and O–H groups in total. The fourth-order valence-electron chi connectivity index (χ4n) is 3.67. The predicted octanol–water partition coefficient (Wildman–Crippen LogP) is 3.60. The first-order valence-electron chi connectivity index (χ1n) is 8.67. The van der Waals surface area contributed by atoms with Crippen molar-refractivity contribution in [2.75, 3.05) is 11.7 Å². The molecule has 2 aromatic carbocycles. The topological polar surface area (TPSA) is 65.8 Å². The van der Waals surface area contributed by atoms with Crippen molar-refractivity contribution in [2.45, 2.75) is 19.5 Å². The van der Waals surface area contributed by atoms with Crippen LogP contribution in [-0.4, -0.2) is 33.1 Å². The third-order valence-electron chi connectivity index (χ3n) is 4.88. The number of carbonyl (C=O) groups is 2. The molecule has 1 aromatic heterocycles. The number of carbonyl (C=O) groups excluding carboxylic acids is 1. The minimum absolute atomic E-state index is 0.136.